The average molecular weight is 585 g/mol. The molecule has 8 heteroatoms. The van der Waals surface area contributed by atoms with Crippen LogP contribution in [0.25, 0.3) is 0 Å². The summed E-state index contributed by atoms with van der Waals surface area (Å²) in [6.45, 7) is 12.1. The van der Waals surface area contributed by atoms with Crippen LogP contribution in [0.2, 0.25) is 0 Å². The third-order valence-electron chi connectivity index (χ3n) is 6.44. The molecule has 3 rings (SSSR count). The Morgan fingerprint density at radius 1 is 1.21 bits per heavy atom. The first-order chi connectivity index (χ1) is 21.0. The van der Waals surface area contributed by atoms with E-state index in [9.17, 15) is 14.8 Å². The second-order valence-electron chi connectivity index (χ2n) is 9.38. The van der Waals surface area contributed by atoms with Gasteiger partial charge in [-0.1, -0.05) is 111 Å². The highest BCUT2D eigenvalue weighted by atomic mass is 16.5. The van der Waals surface area contributed by atoms with Crippen LogP contribution in [0.1, 0.15) is 58.0 Å². The van der Waals surface area contributed by atoms with Gasteiger partial charge in [0.15, 0.2) is 5.84 Å². The first-order valence-corrected chi connectivity index (χ1v) is 14.8. The standard InChI is InChI=1S/C33H38N4O4.C2H6/c1-4-6-7-8-9-13-22-41-31-25(3)35-30(15-5-2)37(33(31)39)23-26-16-14-17-27(21-20-26)28-18-11-10-12-19-29(28)32(36-40)34-24-38;1-2/h4,6-7,9-10,12-14,16,18-21,24,40H,1,5,8,11,15,17,22-23H2,2-3H3,(H,34,36,38);1-2H3/b7-6-,13-9-;. The number of oxime groups is 1. The van der Waals surface area contributed by atoms with Crippen LogP contribution in [0.5, 0.6) is 5.75 Å². The summed E-state index contributed by atoms with van der Waals surface area (Å²) in [5.41, 5.74) is 3.79. The number of aryl methyl sites for hydroxylation is 2. The Bertz CT molecular complexity index is 1450. The van der Waals surface area contributed by atoms with Gasteiger partial charge in [-0.3, -0.25) is 14.2 Å². The second kappa shape index (κ2) is 19.4. The third kappa shape index (κ3) is 10.3. The number of rotatable bonds is 13. The van der Waals surface area contributed by atoms with Gasteiger partial charge in [0.05, 0.1) is 12.2 Å². The summed E-state index contributed by atoms with van der Waals surface area (Å²) in [6.07, 6.45) is 29.3. The molecule has 228 valence electrons. The van der Waals surface area contributed by atoms with Gasteiger partial charge in [0.25, 0.3) is 5.56 Å². The molecule has 2 N–H and O–H groups in total. The molecular weight excluding hydrogens is 540 g/mol. The number of amides is 1. The number of amidine groups is 1. The van der Waals surface area contributed by atoms with Crippen molar-refractivity contribution >= 4 is 12.2 Å². The molecule has 2 aliphatic carbocycles. The molecule has 0 radical (unpaired) electrons. The lowest BCUT2D eigenvalue weighted by atomic mass is 9.93. The molecule has 43 heavy (non-hydrogen) atoms. The van der Waals surface area contributed by atoms with Gasteiger partial charge in [0.2, 0.25) is 12.2 Å². The summed E-state index contributed by atoms with van der Waals surface area (Å²) >= 11 is 0. The maximum Gasteiger partial charge on any atom is 0.296 e. The molecule has 0 unspecified atom stereocenters. The fourth-order valence-corrected chi connectivity index (χ4v) is 4.50. The smallest absolute Gasteiger partial charge is 0.296 e. The van der Waals surface area contributed by atoms with Crippen molar-refractivity contribution in [2.75, 3.05) is 6.61 Å². The van der Waals surface area contributed by atoms with Crippen molar-refractivity contribution < 1.29 is 14.7 Å². The SMILES string of the molecule is C=C/C=C\C/C=C\COc1c(C)nc(CCC)n(CC2=CC=C(C3=CCC=CC=C3/C(=N/O)NC=O)CC=C2)c1=O.CC. The highest BCUT2D eigenvalue weighted by molar-refractivity contribution is 6.07. The lowest BCUT2D eigenvalue weighted by Crippen LogP contribution is -2.28. The van der Waals surface area contributed by atoms with Crippen LogP contribution in [-0.2, 0) is 17.8 Å². The molecule has 0 saturated heterocycles. The minimum atomic E-state index is -0.199. The van der Waals surface area contributed by atoms with Crippen molar-refractivity contribution in [1.82, 2.24) is 14.9 Å². The molecule has 0 atom stereocenters. The van der Waals surface area contributed by atoms with Gasteiger partial charge in [0.1, 0.15) is 12.4 Å². The fraction of sp³-hybridized carbons (Fsp3) is 0.314. The Kier molecular flexibility index (Phi) is 15.6. The summed E-state index contributed by atoms with van der Waals surface area (Å²) in [4.78, 5) is 29.4. The third-order valence-corrected chi connectivity index (χ3v) is 6.44. The van der Waals surface area contributed by atoms with E-state index in [-0.39, 0.29) is 23.8 Å². The number of carbonyl (C=O) groups is 1. The van der Waals surface area contributed by atoms with Gasteiger partial charge in [-0.25, -0.2) is 4.98 Å². The largest absolute Gasteiger partial charge is 0.482 e. The molecule has 1 heterocycles. The molecule has 0 aliphatic heterocycles. The number of carbonyl (C=O) groups excluding carboxylic acids is 1. The van der Waals surface area contributed by atoms with Crippen LogP contribution in [0, 0.1) is 6.92 Å². The van der Waals surface area contributed by atoms with Gasteiger partial charge in [0, 0.05) is 12.0 Å². The predicted octanol–water partition coefficient (Wildman–Crippen LogP) is 6.76. The Labute approximate surface area is 255 Å². The molecule has 0 saturated carbocycles. The fourth-order valence-electron chi connectivity index (χ4n) is 4.50. The van der Waals surface area contributed by atoms with Gasteiger partial charge in [-0.05, 0) is 49.3 Å². The highest BCUT2D eigenvalue weighted by Gasteiger charge is 2.19. The Morgan fingerprint density at radius 3 is 2.74 bits per heavy atom. The lowest BCUT2D eigenvalue weighted by Gasteiger charge is -2.16. The number of ether oxygens (including phenoxy) is 1. The normalized spacial score (nSPS) is 15.0. The van der Waals surface area contributed by atoms with E-state index in [1.165, 1.54) is 0 Å². The van der Waals surface area contributed by atoms with E-state index in [1.54, 1.807) is 17.6 Å². The quantitative estimate of drug-likeness (QED) is 0.0507. The number of hydrogen-bond donors (Lipinski definition) is 2. The Morgan fingerprint density at radius 2 is 2.02 bits per heavy atom. The molecule has 1 aromatic heterocycles. The molecular formula is C35H44N4O4. The van der Waals surface area contributed by atoms with E-state index < -0.39 is 0 Å². The minimum Gasteiger partial charge on any atom is -0.482 e. The van der Waals surface area contributed by atoms with E-state index in [0.29, 0.717) is 43.5 Å². The lowest BCUT2D eigenvalue weighted by molar-refractivity contribution is -0.108. The van der Waals surface area contributed by atoms with Crippen molar-refractivity contribution in [3.05, 3.63) is 130 Å². The average Bonchev–Trinajstić information content (AvgIpc) is 3.41. The Hall–Kier alpha value is -4.72. The first kappa shape index (κ1) is 34.5. The number of allylic oxidation sites excluding steroid dienone is 14. The van der Waals surface area contributed by atoms with Crippen LogP contribution in [0.4, 0.5) is 0 Å². The van der Waals surface area contributed by atoms with E-state index in [2.05, 4.69) is 24.0 Å². The van der Waals surface area contributed by atoms with Crippen LogP contribution in [-0.4, -0.2) is 33.6 Å². The second-order valence-corrected chi connectivity index (χ2v) is 9.38. The zero-order chi connectivity index (χ0) is 31.5. The van der Waals surface area contributed by atoms with Gasteiger partial charge in [-0.15, -0.1) is 0 Å². The van der Waals surface area contributed by atoms with Crippen LogP contribution in [0.3, 0.4) is 0 Å². The number of hydrogen-bond acceptors (Lipinski definition) is 6. The minimum absolute atomic E-state index is 0.0771. The summed E-state index contributed by atoms with van der Waals surface area (Å²) in [5, 5.41) is 15.2. The molecule has 0 fully saturated rings. The van der Waals surface area contributed by atoms with Crippen LogP contribution in [0.15, 0.2) is 118 Å². The molecule has 0 bridgehead atoms. The molecule has 0 spiro atoms. The molecule has 1 amide bonds. The predicted molar refractivity (Wildman–Crippen MR) is 175 cm³/mol. The maximum absolute atomic E-state index is 13.6. The van der Waals surface area contributed by atoms with Crippen molar-refractivity contribution in [3.63, 3.8) is 0 Å². The topological polar surface area (TPSA) is 106 Å². The van der Waals surface area contributed by atoms with Crippen molar-refractivity contribution in [2.24, 2.45) is 5.16 Å². The van der Waals surface area contributed by atoms with Crippen molar-refractivity contribution in [3.8, 4) is 5.75 Å². The monoisotopic (exact) mass is 584 g/mol. The van der Waals surface area contributed by atoms with E-state index in [4.69, 9.17) is 9.72 Å². The van der Waals surface area contributed by atoms with Gasteiger partial charge in [-0.2, -0.15) is 0 Å². The summed E-state index contributed by atoms with van der Waals surface area (Å²) < 4.78 is 7.57. The first-order valence-electron chi connectivity index (χ1n) is 14.8. The summed E-state index contributed by atoms with van der Waals surface area (Å²) in [7, 11) is 0. The van der Waals surface area contributed by atoms with Gasteiger partial charge >= 0.3 is 0 Å². The zero-order valence-electron chi connectivity index (χ0n) is 25.8. The van der Waals surface area contributed by atoms with E-state index >= 15 is 0 Å². The molecule has 1 aromatic rings. The summed E-state index contributed by atoms with van der Waals surface area (Å²) in [6, 6.07) is 0. The van der Waals surface area contributed by atoms with Crippen molar-refractivity contribution in [2.45, 2.75) is 66.3 Å². The zero-order valence-corrected chi connectivity index (χ0v) is 25.8. The van der Waals surface area contributed by atoms with E-state index in [0.717, 1.165) is 35.4 Å². The highest BCUT2D eigenvalue weighted by Crippen LogP contribution is 2.28. The van der Waals surface area contributed by atoms with Crippen LogP contribution < -0.4 is 15.6 Å². The summed E-state index contributed by atoms with van der Waals surface area (Å²) in [5.74, 6) is 1.06. The van der Waals surface area contributed by atoms with Crippen molar-refractivity contribution in [1.29, 1.82) is 0 Å². The Balaban J connectivity index is 0.00000316. The number of aromatic nitrogens is 2. The number of nitrogens with zero attached hydrogens (tertiary/aromatic N) is 3. The van der Waals surface area contributed by atoms with Crippen LogP contribution >= 0.6 is 0 Å². The maximum atomic E-state index is 13.6. The molecule has 8 nitrogen and oxygen atoms in total. The molecule has 2 aliphatic rings. The number of nitrogens with one attached hydrogen (secondary N) is 1. The molecule has 0 aromatic carbocycles. The van der Waals surface area contributed by atoms with Gasteiger partial charge < -0.3 is 15.3 Å². The van der Waals surface area contributed by atoms with E-state index in [1.807, 2.05) is 86.8 Å².